The molecule has 3 fully saturated rings. The number of rotatable bonds is 8. The van der Waals surface area contributed by atoms with E-state index >= 15 is 0 Å². The number of aliphatic hydroxyl groups is 2. The third kappa shape index (κ3) is 5.69. The summed E-state index contributed by atoms with van der Waals surface area (Å²) in [5, 5.41) is 20.1. The largest absolute Gasteiger partial charge is 0.397 e. The van der Waals surface area contributed by atoms with Crippen LogP contribution in [-0.4, -0.2) is 112 Å². The molecule has 15 nitrogen and oxygen atoms in total. The van der Waals surface area contributed by atoms with Crippen LogP contribution in [0.4, 0.5) is 0 Å². The smallest absolute Gasteiger partial charge is 0.394 e. The molecule has 17 heteroatoms. The fourth-order valence-electron chi connectivity index (χ4n) is 3.82. The first kappa shape index (κ1) is 25.1. The zero-order valence-corrected chi connectivity index (χ0v) is 17.9. The fourth-order valence-corrected chi connectivity index (χ4v) is 4.88. The average molecular weight is 496 g/mol. The Kier molecular flexibility index (Phi) is 7.58. The molecule has 0 aromatic rings. The summed E-state index contributed by atoms with van der Waals surface area (Å²) in [5.74, 6) is -0.988. The minimum absolute atomic E-state index is 0.0587. The summed E-state index contributed by atoms with van der Waals surface area (Å²) in [6, 6.07) is 0. The molecule has 0 aliphatic carbocycles. The summed E-state index contributed by atoms with van der Waals surface area (Å²) in [5.41, 5.74) is 0. The van der Waals surface area contributed by atoms with E-state index in [9.17, 15) is 27.0 Å². The van der Waals surface area contributed by atoms with Crippen molar-refractivity contribution < 1.29 is 68.2 Å². The molecular formula is C14H24O15S2. The van der Waals surface area contributed by atoms with Crippen molar-refractivity contribution in [2.75, 3.05) is 20.3 Å². The van der Waals surface area contributed by atoms with Crippen molar-refractivity contribution in [3.05, 3.63) is 0 Å². The highest BCUT2D eigenvalue weighted by Crippen LogP contribution is 2.37. The average Bonchev–Trinajstić information content (AvgIpc) is 2.95. The van der Waals surface area contributed by atoms with Crippen molar-refractivity contribution in [2.45, 2.75) is 62.2 Å². The Labute approximate surface area is 178 Å². The molecule has 0 saturated carbocycles. The van der Waals surface area contributed by atoms with Gasteiger partial charge in [-0.2, -0.15) is 16.8 Å². The molecule has 3 aliphatic heterocycles. The summed E-state index contributed by atoms with van der Waals surface area (Å²) < 4.78 is 98.9. The Morgan fingerprint density at radius 1 is 0.968 bits per heavy atom. The van der Waals surface area contributed by atoms with Gasteiger partial charge in [-0.05, 0) is 0 Å². The van der Waals surface area contributed by atoms with Crippen molar-refractivity contribution >= 4 is 20.8 Å². The van der Waals surface area contributed by atoms with Crippen LogP contribution in [0.15, 0.2) is 0 Å². The molecule has 2 bridgehead atoms. The fraction of sp³-hybridized carbons (Fsp3) is 1.00. The minimum Gasteiger partial charge on any atom is -0.394 e. The highest BCUT2D eigenvalue weighted by atomic mass is 32.3. The molecule has 0 amide bonds. The van der Waals surface area contributed by atoms with E-state index in [-0.39, 0.29) is 6.61 Å². The van der Waals surface area contributed by atoms with Gasteiger partial charge in [0.1, 0.15) is 36.6 Å². The second-order valence-electron chi connectivity index (χ2n) is 7.23. The second kappa shape index (κ2) is 9.37. The van der Waals surface area contributed by atoms with Gasteiger partial charge in [-0.3, -0.25) is 9.11 Å². The van der Waals surface area contributed by atoms with Crippen molar-refractivity contribution in [1.29, 1.82) is 0 Å². The normalized spacial score (nSPS) is 43.8. The van der Waals surface area contributed by atoms with E-state index in [2.05, 4.69) is 8.37 Å². The van der Waals surface area contributed by atoms with Crippen LogP contribution in [0.25, 0.3) is 0 Å². The quantitative estimate of drug-likeness (QED) is 0.250. The number of fused-ring (bicyclic) bond motifs is 2. The first-order valence-corrected chi connectivity index (χ1v) is 11.8. The first-order valence-electron chi connectivity index (χ1n) is 9.05. The number of methoxy groups -OCH3 is 1. The molecule has 31 heavy (non-hydrogen) atoms. The van der Waals surface area contributed by atoms with E-state index in [1.54, 1.807) is 0 Å². The van der Waals surface area contributed by atoms with E-state index in [0.717, 1.165) is 0 Å². The van der Waals surface area contributed by atoms with Crippen LogP contribution in [-0.2, 0) is 52.8 Å². The molecule has 3 saturated heterocycles. The Morgan fingerprint density at radius 3 is 2.13 bits per heavy atom. The lowest BCUT2D eigenvalue weighted by atomic mass is 9.90. The van der Waals surface area contributed by atoms with Crippen LogP contribution in [0.5, 0.6) is 0 Å². The first-order chi connectivity index (χ1) is 14.3. The predicted molar refractivity (Wildman–Crippen MR) is 94.0 cm³/mol. The molecule has 3 aliphatic rings. The van der Waals surface area contributed by atoms with Crippen molar-refractivity contribution in [2.24, 2.45) is 5.92 Å². The lowest BCUT2D eigenvalue weighted by Gasteiger charge is -2.45. The van der Waals surface area contributed by atoms with E-state index < -0.39 is 88.6 Å². The van der Waals surface area contributed by atoms with Gasteiger partial charge >= 0.3 is 20.8 Å². The van der Waals surface area contributed by atoms with Crippen molar-refractivity contribution in [3.8, 4) is 0 Å². The molecule has 4 unspecified atom stereocenters. The van der Waals surface area contributed by atoms with Gasteiger partial charge in [-0.1, -0.05) is 6.92 Å². The van der Waals surface area contributed by atoms with Gasteiger partial charge in [0.15, 0.2) is 18.7 Å². The van der Waals surface area contributed by atoms with Crippen LogP contribution in [0.1, 0.15) is 6.92 Å². The number of hydrogen-bond donors (Lipinski definition) is 4. The van der Waals surface area contributed by atoms with Crippen LogP contribution in [0.3, 0.4) is 0 Å². The number of ether oxygens (including phenoxy) is 5. The van der Waals surface area contributed by atoms with Crippen LogP contribution >= 0.6 is 0 Å². The zero-order valence-electron chi connectivity index (χ0n) is 16.3. The summed E-state index contributed by atoms with van der Waals surface area (Å²) in [6.45, 7) is 0.592. The number of aliphatic hydroxyl groups excluding tert-OH is 2. The Morgan fingerprint density at radius 2 is 1.58 bits per heavy atom. The summed E-state index contributed by atoms with van der Waals surface area (Å²) in [7, 11) is -8.59. The van der Waals surface area contributed by atoms with Crippen molar-refractivity contribution in [1.82, 2.24) is 0 Å². The standard InChI is InChI=1S/C14H24O15S2/c1-5-8(16)13(25-6(3-15)9(5)28-30(17,18)19)27-10-7-4-24-11(10)12(14(23-2)26-7)29-31(20,21)22/h5-16H,3-4H2,1-2H3,(H,17,18,19)(H,20,21,22)/t5-,6?,7?,8?,9-,10+,11?,12+,13+,14+/m1/s1. The predicted octanol–water partition coefficient (Wildman–Crippen LogP) is -2.77. The van der Waals surface area contributed by atoms with Crippen molar-refractivity contribution in [3.63, 3.8) is 0 Å². The zero-order chi connectivity index (χ0) is 23.1. The SMILES string of the molecule is CO[C@H]1OC2COC([C@H]2O[C@@H]2OC(CO)[C@H](OS(=O)(=O)O)[C@H](C)C2O)[C@@H]1OS(=O)(=O)O. The highest BCUT2D eigenvalue weighted by molar-refractivity contribution is 7.81. The van der Waals surface area contributed by atoms with E-state index in [1.165, 1.54) is 14.0 Å². The molecule has 3 rings (SSSR count). The minimum atomic E-state index is -4.91. The molecule has 3 heterocycles. The molecule has 0 aromatic carbocycles. The van der Waals surface area contributed by atoms with Gasteiger partial charge in [0, 0.05) is 13.0 Å². The maximum Gasteiger partial charge on any atom is 0.397 e. The number of hydrogen-bond acceptors (Lipinski definition) is 13. The third-order valence-electron chi connectivity index (χ3n) is 5.22. The van der Waals surface area contributed by atoms with Gasteiger partial charge in [0.2, 0.25) is 0 Å². The molecule has 182 valence electrons. The Hall–Kier alpha value is -0.540. The lowest BCUT2D eigenvalue weighted by Crippen LogP contribution is -2.61. The van der Waals surface area contributed by atoms with E-state index in [1.807, 2.05) is 0 Å². The van der Waals surface area contributed by atoms with Gasteiger partial charge in [-0.25, -0.2) is 8.37 Å². The van der Waals surface area contributed by atoms with Crippen LogP contribution in [0.2, 0.25) is 0 Å². The van der Waals surface area contributed by atoms with Gasteiger partial charge in [0.25, 0.3) is 0 Å². The molecule has 0 aromatic heterocycles. The molecule has 0 radical (unpaired) electrons. The maximum atomic E-state index is 11.2. The summed E-state index contributed by atoms with van der Waals surface area (Å²) in [4.78, 5) is 0. The van der Waals surface area contributed by atoms with Gasteiger partial charge < -0.3 is 33.9 Å². The van der Waals surface area contributed by atoms with Crippen LogP contribution in [0, 0.1) is 5.92 Å². The third-order valence-corrected chi connectivity index (χ3v) is 6.16. The lowest BCUT2D eigenvalue weighted by molar-refractivity contribution is -0.327. The molecule has 0 spiro atoms. The van der Waals surface area contributed by atoms with Crippen LogP contribution < -0.4 is 0 Å². The van der Waals surface area contributed by atoms with Gasteiger partial charge in [0.05, 0.1) is 13.2 Å². The Balaban J connectivity index is 1.77. The monoisotopic (exact) mass is 496 g/mol. The topological polar surface area (TPSA) is 214 Å². The highest BCUT2D eigenvalue weighted by Gasteiger charge is 2.57. The summed E-state index contributed by atoms with van der Waals surface area (Å²) in [6.07, 6.45) is -11.3. The summed E-state index contributed by atoms with van der Waals surface area (Å²) >= 11 is 0. The Bertz CT molecular complexity index is 829. The molecular weight excluding hydrogens is 472 g/mol. The molecule has 10 atom stereocenters. The second-order valence-corrected chi connectivity index (χ2v) is 9.33. The molecule has 4 N–H and O–H groups in total. The maximum absolute atomic E-state index is 11.2. The van der Waals surface area contributed by atoms with Gasteiger partial charge in [-0.15, -0.1) is 0 Å². The van der Waals surface area contributed by atoms with E-state index in [4.69, 9.17) is 32.8 Å². The van der Waals surface area contributed by atoms with E-state index in [0.29, 0.717) is 0 Å².